The Morgan fingerprint density at radius 1 is 1.41 bits per heavy atom. The van der Waals surface area contributed by atoms with Crippen LogP contribution in [-0.2, 0) is 6.54 Å². The summed E-state index contributed by atoms with van der Waals surface area (Å²) in [4.78, 5) is 10.9. The first-order valence-electron chi connectivity index (χ1n) is 7.74. The molecule has 2 N–H and O–H groups in total. The molecule has 1 aliphatic heterocycles. The summed E-state index contributed by atoms with van der Waals surface area (Å²) in [6, 6.07) is 6.07. The van der Waals surface area contributed by atoms with Crippen LogP contribution in [0.1, 0.15) is 25.5 Å². The number of nitrogens with one attached hydrogen (secondary N) is 2. The molecule has 0 radical (unpaired) electrons. The number of thioether (sulfide) groups is 1. The largest absolute Gasteiger partial charge is 0.363 e. The Labute approximate surface area is 138 Å². The zero-order valence-electron chi connectivity index (χ0n) is 14.0. The van der Waals surface area contributed by atoms with Crippen LogP contribution in [0.5, 0.6) is 0 Å². The van der Waals surface area contributed by atoms with Crippen LogP contribution < -0.4 is 15.5 Å². The van der Waals surface area contributed by atoms with Gasteiger partial charge in [-0.3, -0.25) is 4.99 Å². The van der Waals surface area contributed by atoms with Crippen molar-refractivity contribution in [2.75, 3.05) is 38.3 Å². The van der Waals surface area contributed by atoms with Gasteiger partial charge in [-0.15, -0.1) is 0 Å². The van der Waals surface area contributed by atoms with Crippen LogP contribution in [0, 0.1) is 0 Å². The van der Waals surface area contributed by atoms with Gasteiger partial charge < -0.3 is 15.5 Å². The second-order valence-corrected chi connectivity index (χ2v) is 7.75. The quantitative estimate of drug-likeness (QED) is 0.642. The van der Waals surface area contributed by atoms with Crippen LogP contribution in [-0.4, -0.2) is 49.1 Å². The van der Waals surface area contributed by atoms with E-state index in [1.165, 1.54) is 18.6 Å². The number of aliphatic imine (C=N–C) groups is 1. The lowest BCUT2D eigenvalue weighted by atomic mass is 10.1. The lowest BCUT2D eigenvalue weighted by Gasteiger charge is -2.24. The summed E-state index contributed by atoms with van der Waals surface area (Å²) in [5.74, 6) is 3.08. The molecule has 0 saturated carbocycles. The van der Waals surface area contributed by atoms with Gasteiger partial charge in [0.1, 0.15) is 5.82 Å². The number of pyridine rings is 1. The van der Waals surface area contributed by atoms with Gasteiger partial charge in [0, 0.05) is 32.4 Å². The summed E-state index contributed by atoms with van der Waals surface area (Å²) in [6.45, 7) is 3.95. The molecule has 0 bridgehead atoms. The molecule has 0 spiro atoms. The van der Waals surface area contributed by atoms with Gasteiger partial charge in [-0.1, -0.05) is 6.07 Å². The van der Waals surface area contributed by atoms with Gasteiger partial charge in [0.05, 0.1) is 12.2 Å². The fraction of sp³-hybridized carbons (Fsp3) is 0.625. The normalized spacial score (nSPS) is 21.7. The number of aromatic nitrogens is 1. The highest BCUT2D eigenvalue weighted by Gasteiger charge is 2.29. The topological polar surface area (TPSA) is 52.6 Å². The van der Waals surface area contributed by atoms with Gasteiger partial charge in [0.2, 0.25) is 0 Å². The minimum Gasteiger partial charge on any atom is -0.363 e. The average Bonchev–Trinajstić information content (AvgIpc) is 2.95. The minimum atomic E-state index is 0.334. The van der Waals surface area contributed by atoms with E-state index in [4.69, 9.17) is 0 Å². The molecule has 1 saturated heterocycles. The third kappa shape index (κ3) is 4.80. The summed E-state index contributed by atoms with van der Waals surface area (Å²) in [5.41, 5.74) is 1.01. The maximum Gasteiger partial charge on any atom is 0.191 e. The van der Waals surface area contributed by atoms with Crippen molar-refractivity contribution >= 4 is 23.5 Å². The predicted octanol–water partition coefficient (Wildman–Crippen LogP) is 2.10. The fourth-order valence-electron chi connectivity index (χ4n) is 2.46. The van der Waals surface area contributed by atoms with Gasteiger partial charge in [0.25, 0.3) is 0 Å². The van der Waals surface area contributed by atoms with E-state index in [9.17, 15) is 0 Å². The van der Waals surface area contributed by atoms with Crippen molar-refractivity contribution in [3.8, 4) is 0 Å². The maximum absolute atomic E-state index is 4.61. The first-order chi connectivity index (χ1) is 10.5. The lowest BCUT2D eigenvalue weighted by molar-refractivity contribution is 0.584. The molecule has 1 unspecified atom stereocenters. The van der Waals surface area contributed by atoms with E-state index in [1.54, 1.807) is 0 Å². The predicted molar refractivity (Wildman–Crippen MR) is 96.9 cm³/mol. The second kappa shape index (κ2) is 7.72. The van der Waals surface area contributed by atoms with E-state index >= 15 is 0 Å². The molecule has 122 valence electrons. The molecule has 1 fully saturated rings. The number of nitrogens with zero attached hydrogens (tertiary/aromatic N) is 3. The molecule has 2 rings (SSSR count). The van der Waals surface area contributed by atoms with Crippen LogP contribution in [0.3, 0.4) is 0 Å². The van der Waals surface area contributed by atoms with Crippen molar-refractivity contribution in [3.05, 3.63) is 23.9 Å². The van der Waals surface area contributed by atoms with Gasteiger partial charge in [-0.25, -0.2) is 4.98 Å². The molecule has 2 heterocycles. The first-order valence-corrected chi connectivity index (χ1v) is 8.73. The Kier molecular flexibility index (Phi) is 5.94. The maximum atomic E-state index is 4.61. The van der Waals surface area contributed by atoms with E-state index in [0.717, 1.165) is 24.0 Å². The zero-order chi connectivity index (χ0) is 16.0. The van der Waals surface area contributed by atoms with Crippen molar-refractivity contribution in [1.29, 1.82) is 0 Å². The zero-order valence-corrected chi connectivity index (χ0v) is 14.8. The third-order valence-electron chi connectivity index (χ3n) is 3.84. The van der Waals surface area contributed by atoms with Gasteiger partial charge in [0.15, 0.2) is 5.96 Å². The average molecular weight is 321 g/mol. The van der Waals surface area contributed by atoms with Crippen LogP contribution >= 0.6 is 11.8 Å². The Morgan fingerprint density at radius 2 is 2.23 bits per heavy atom. The fourth-order valence-corrected chi connectivity index (χ4v) is 3.70. The summed E-state index contributed by atoms with van der Waals surface area (Å²) in [7, 11) is 5.81. The standard InChI is InChI=1S/C16H27N5S/c1-16(9-6-10-22-16)12-19-15(17-2)18-11-13-7-5-8-14(20-13)21(3)4/h5,7-8H,6,9-12H2,1-4H3,(H2,17,18,19). The van der Waals surface area contributed by atoms with E-state index in [1.807, 2.05) is 44.2 Å². The molecule has 1 atom stereocenters. The summed E-state index contributed by atoms with van der Waals surface area (Å²) in [6.07, 6.45) is 2.59. The summed E-state index contributed by atoms with van der Waals surface area (Å²) >= 11 is 2.05. The number of hydrogen-bond acceptors (Lipinski definition) is 4. The molecular weight excluding hydrogens is 294 g/mol. The van der Waals surface area contributed by atoms with E-state index in [2.05, 4.69) is 39.3 Å². The van der Waals surface area contributed by atoms with E-state index in [0.29, 0.717) is 11.3 Å². The van der Waals surface area contributed by atoms with Crippen molar-refractivity contribution in [1.82, 2.24) is 15.6 Å². The van der Waals surface area contributed by atoms with Crippen molar-refractivity contribution in [2.24, 2.45) is 4.99 Å². The number of guanidine groups is 1. The molecule has 22 heavy (non-hydrogen) atoms. The summed E-state index contributed by atoms with van der Waals surface area (Å²) in [5, 5.41) is 6.78. The molecule has 6 heteroatoms. The third-order valence-corrected chi connectivity index (χ3v) is 5.38. The molecule has 0 aliphatic carbocycles. The number of hydrogen-bond donors (Lipinski definition) is 2. The van der Waals surface area contributed by atoms with E-state index in [-0.39, 0.29) is 0 Å². The van der Waals surface area contributed by atoms with Crippen LogP contribution in [0.15, 0.2) is 23.2 Å². The Morgan fingerprint density at radius 3 is 2.86 bits per heavy atom. The van der Waals surface area contributed by atoms with Crippen molar-refractivity contribution in [2.45, 2.75) is 31.1 Å². The van der Waals surface area contributed by atoms with Crippen LogP contribution in [0.4, 0.5) is 5.82 Å². The highest BCUT2D eigenvalue weighted by atomic mass is 32.2. The molecule has 1 aromatic heterocycles. The van der Waals surface area contributed by atoms with E-state index < -0.39 is 0 Å². The number of rotatable bonds is 5. The van der Waals surface area contributed by atoms with Gasteiger partial charge >= 0.3 is 0 Å². The first kappa shape index (κ1) is 16.9. The van der Waals surface area contributed by atoms with Crippen LogP contribution in [0.2, 0.25) is 0 Å². The monoisotopic (exact) mass is 321 g/mol. The molecule has 1 aliphatic rings. The molecule has 0 amide bonds. The molecule has 5 nitrogen and oxygen atoms in total. The highest BCUT2D eigenvalue weighted by Crippen LogP contribution is 2.36. The van der Waals surface area contributed by atoms with Gasteiger partial charge in [-0.2, -0.15) is 11.8 Å². The SMILES string of the molecule is CN=C(NCc1cccc(N(C)C)n1)NCC1(C)CCCS1. The Bertz CT molecular complexity index is 509. The Hall–Kier alpha value is -1.43. The smallest absolute Gasteiger partial charge is 0.191 e. The molecule has 1 aromatic rings. The Balaban J connectivity index is 1.84. The van der Waals surface area contributed by atoms with Crippen LogP contribution in [0.25, 0.3) is 0 Å². The molecular formula is C16H27N5S. The molecule has 0 aromatic carbocycles. The summed E-state index contributed by atoms with van der Waals surface area (Å²) < 4.78 is 0.334. The van der Waals surface area contributed by atoms with Gasteiger partial charge in [-0.05, 0) is 37.7 Å². The van der Waals surface area contributed by atoms with Crippen molar-refractivity contribution in [3.63, 3.8) is 0 Å². The lowest BCUT2D eigenvalue weighted by Crippen LogP contribution is -2.43. The highest BCUT2D eigenvalue weighted by molar-refractivity contribution is 8.00. The minimum absolute atomic E-state index is 0.334. The second-order valence-electron chi connectivity index (χ2n) is 6.06. The number of anilines is 1. The van der Waals surface area contributed by atoms with Crippen molar-refractivity contribution < 1.29 is 0 Å².